The molecule has 1 aromatic rings. The Balaban J connectivity index is 2.58. The van der Waals surface area contributed by atoms with Crippen LogP contribution in [0.15, 0.2) is 24.3 Å². The summed E-state index contributed by atoms with van der Waals surface area (Å²) in [4.78, 5) is 13.5. The zero-order chi connectivity index (χ0) is 14.8. The van der Waals surface area contributed by atoms with Crippen LogP contribution in [0.5, 0.6) is 5.75 Å². The number of carbonyl (C=O) groups is 1. The fraction of sp³-hybridized carbons (Fsp3) is 0.533. The number of unbranched alkanes of at least 4 members (excludes halogenated alkanes) is 1. The molecule has 0 bridgehead atoms. The second-order valence-electron chi connectivity index (χ2n) is 4.46. The summed E-state index contributed by atoms with van der Waals surface area (Å²) in [7, 11) is 0. The second kappa shape index (κ2) is 9.20. The van der Waals surface area contributed by atoms with Crippen molar-refractivity contribution in [1.29, 1.82) is 0 Å². The number of ether oxygens (including phenoxy) is 1. The molecule has 0 saturated carbocycles. The predicted octanol–water partition coefficient (Wildman–Crippen LogP) is 2.71. The van der Waals surface area contributed by atoms with Crippen molar-refractivity contribution in [2.75, 3.05) is 31.6 Å². The van der Waals surface area contributed by atoms with Gasteiger partial charge in [-0.25, -0.2) is 4.79 Å². The molecule has 1 aromatic carbocycles. The molecule has 0 unspecified atom stereocenters. The molecule has 20 heavy (non-hydrogen) atoms. The van der Waals surface area contributed by atoms with Gasteiger partial charge in [0.2, 0.25) is 0 Å². The highest BCUT2D eigenvalue weighted by molar-refractivity contribution is 5.89. The van der Waals surface area contributed by atoms with Crippen LogP contribution >= 0.6 is 0 Å². The van der Waals surface area contributed by atoms with Crippen molar-refractivity contribution >= 4 is 11.7 Å². The fourth-order valence-electron chi connectivity index (χ4n) is 1.72. The first-order valence-corrected chi connectivity index (χ1v) is 7.10. The standard InChI is InChI=1S/C15H24N2O3/c1-3-5-11-20-14-8-6-7-13(12-14)16-15(19)17(4-2)9-10-18/h6-8,12,18H,3-5,9-11H2,1-2H3,(H,16,19). The molecule has 0 atom stereocenters. The molecule has 0 fully saturated rings. The number of anilines is 1. The Hall–Kier alpha value is -1.75. The zero-order valence-corrected chi connectivity index (χ0v) is 12.3. The lowest BCUT2D eigenvalue weighted by atomic mass is 10.3. The molecule has 2 amide bonds. The topological polar surface area (TPSA) is 61.8 Å². The number of aliphatic hydroxyl groups is 1. The molecule has 0 aliphatic heterocycles. The lowest BCUT2D eigenvalue weighted by Crippen LogP contribution is -2.36. The Labute approximate surface area is 120 Å². The number of hydrogen-bond donors (Lipinski definition) is 2. The van der Waals surface area contributed by atoms with Crippen LogP contribution in [0.25, 0.3) is 0 Å². The van der Waals surface area contributed by atoms with Gasteiger partial charge in [-0.1, -0.05) is 19.4 Å². The molecule has 112 valence electrons. The Morgan fingerprint density at radius 3 is 2.85 bits per heavy atom. The molecule has 0 spiro atoms. The van der Waals surface area contributed by atoms with Gasteiger partial charge in [-0.2, -0.15) is 0 Å². The minimum Gasteiger partial charge on any atom is -0.494 e. The SMILES string of the molecule is CCCCOc1cccc(NC(=O)N(CC)CCO)c1. The number of carbonyl (C=O) groups excluding carboxylic acids is 1. The van der Waals surface area contributed by atoms with E-state index >= 15 is 0 Å². The quantitative estimate of drug-likeness (QED) is 0.720. The van der Waals surface area contributed by atoms with Crippen molar-refractivity contribution in [3.05, 3.63) is 24.3 Å². The van der Waals surface area contributed by atoms with Gasteiger partial charge in [0.1, 0.15) is 5.75 Å². The number of nitrogens with one attached hydrogen (secondary N) is 1. The smallest absolute Gasteiger partial charge is 0.321 e. The number of urea groups is 1. The molecular formula is C15H24N2O3. The zero-order valence-electron chi connectivity index (χ0n) is 12.3. The van der Waals surface area contributed by atoms with Gasteiger partial charge in [0.25, 0.3) is 0 Å². The predicted molar refractivity (Wildman–Crippen MR) is 80.2 cm³/mol. The maximum absolute atomic E-state index is 12.0. The first-order valence-electron chi connectivity index (χ1n) is 7.10. The van der Waals surface area contributed by atoms with Gasteiger partial charge in [-0.05, 0) is 25.5 Å². The second-order valence-corrected chi connectivity index (χ2v) is 4.46. The van der Waals surface area contributed by atoms with E-state index in [1.54, 1.807) is 11.0 Å². The molecule has 0 radical (unpaired) electrons. The van der Waals surface area contributed by atoms with E-state index in [1.807, 2.05) is 25.1 Å². The van der Waals surface area contributed by atoms with Crippen LogP contribution in [0, 0.1) is 0 Å². The van der Waals surface area contributed by atoms with Crippen LogP contribution in [0.1, 0.15) is 26.7 Å². The summed E-state index contributed by atoms with van der Waals surface area (Å²) in [5.41, 5.74) is 0.695. The van der Waals surface area contributed by atoms with Crippen LogP contribution < -0.4 is 10.1 Å². The lowest BCUT2D eigenvalue weighted by Gasteiger charge is -2.20. The number of aliphatic hydroxyl groups excluding tert-OH is 1. The summed E-state index contributed by atoms with van der Waals surface area (Å²) in [5, 5.41) is 11.7. The van der Waals surface area contributed by atoms with Gasteiger partial charge in [0.05, 0.1) is 13.2 Å². The summed E-state index contributed by atoms with van der Waals surface area (Å²) >= 11 is 0. The minimum absolute atomic E-state index is 0.0402. The molecule has 0 saturated heterocycles. The maximum Gasteiger partial charge on any atom is 0.321 e. The Kier molecular flexibility index (Phi) is 7.50. The third-order valence-corrected chi connectivity index (χ3v) is 2.89. The monoisotopic (exact) mass is 280 g/mol. The van der Waals surface area contributed by atoms with E-state index in [1.165, 1.54) is 0 Å². The lowest BCUT2D eigenvalue weighted by molar-refractivity contribution is 0.192. The van der Waals surface area contributed by atoms with Crippen LogP contribution in [0.4, 0.5) is 10.5 Å². The first kappa shape index (κ1) is 16.3. The summed E-state index contributed by atoms with van der Waals surface area (Å²) < 4.78 is 5.60. The number of likely N-dealkylation sites (N-methyl/N-ethyl adjacent to an activating group) is 1. The van der Waals surface area contributed by atoms with E-state index < -0.39 is 0 Å². The Morgan fingerprint density at radius 2 is 2.20 bits per heavy atom. The average Bonchev–Trinajstić information content (AvgIpc) is 2.45. The molecule has 5 heteroatoms. The van der Waals surface area contributed by atoms with Crippen LogP contribution in [-0.4, -0.2) is 42.3 Å². The van der Waals surface area contributed by atoms with E-state index in [0.717, 1.165) is 18.6 Å². The van der Waals surface area contributed by atoms with Crippen LogP contribution in [-0.2, 0) is 0 Å². The molecular weight excluding hydrogens is 256 g/mol. The van der Waals surface area contributed by atoms with Crippen LogP contribution in [0.3, 0.4) is 0 Å². The number of benzene rings is 1. The molecule has 0 aliphatic carbocycles. The van der Waals surface area contributed by atoms with Gasteiger partial charge in [0.15, 0.2) is 0 Å². The fourth-order valence-corrected chi connectivity index (χ4v) is 1.72. The highest BCUT2D eigenvalue weighted by atomic mass is 16.5. The number of hydrogen-bond acceptors (Lipinski definition) is 3. The highest BCUT2D eigenvalue weighted by Crippen LogP contribution is 2.18. The Bertz CT molecular complexity index is 410. The molecule has 0 aliphatic rings. The van der Waals surface area contributed by atoms with Crippen molar-refractivity contribution in [2.45, 2.75) is 26.7 Å². The van der Waals surface area contributed by atoms with Gasteiger partial charge >= 0.3 is 6.03 Å². The number of nitrogens with zero attached hydrogens (tertiary/aromatic N) is 1. The van der Waals surface area contributed by atoms with E-state index in [0.29, 0.717) is 25.4 Å². The van der Waals surface area contributed by atoms with Crippen molar-refractivity contribution in [3.8, 4) is 5.75 Å². The van der Waals surface area contributed by atoms with Crippen molar-refractivity contribution < 1.29 is 14.6 Å². The molecule has 0 aromatic heterocycles. The average molecular weight is 280 g/mol. The molecule has 5 nitrogen and oxygen atoms in total. The minimum atomic E-state index is -0.216. The first-order chi connectivity index (χ1) is 9.71. The summed E-state index contributed by atoms with van der Waals surface area (Å²) in [6.45, 7) is 5.51. The summed E-state index contributed by atoms with van der Waals surface area (Å²) in [6.07, 6.45) is 2.10. The van der Waals surface area contributed by atoms with Crippen LogP contribution in [0.2, 0.25) is 0 Å². The van der Waals surface area contributed by atoms with E-state index in [4.69, 9.17) is 9.84 Å². The van der Waals surface area contributed by atoms with Crippen molar-refractivity contribution in [2.24, 2.45) is 0 Å². The highest BCUT2D eigenvalue weighted by Gasteiger charge is 2.10. The molecule has 2 N–H and O–H groups in total. The number of amides is 2. The summed E-state index contributed by atoms with van der Waals surface area (Å²) in [5.74, 6) is 0.751. The van der Waals surface area contributed by atoms with Gasteiger partial charge < -0.3 is 20.1 Å². The van der Waals surface area contributed by atoms with E-state index in [-0.39, 0.29) is 12.6 Å². The van der Waals surface area contributed by atoms with E-state index in [9.17, 15) is 4.79 Å². The maximum atomic E-state index is 12.0. The van der Waals surface area contributed by atoms with Gasteiger partial charge in [-0.15, -0.1) is 0 Å². The molecule has 1 rings (SSSR count). The van der Waals surface area contributed by atoms with E-state index in [2.05, 4.69) is 12.2 Å². The Morgan fingerprint density at radius 1 is 1.40 bits per heavy atom. The normalized spacial score (nSPS) is 10.2. The largest absolute Gasteiger partial charge is 0.494 e. The van der Waals surface area contributed by atoms with Gasteiger partial charge in [-0.3, -0.25) is 0 Å². The number of rotatable bonds is 8. The third-order valence-electron chi connectivity index (χ3n) is 2.89. The van der Waals surface area contributed by atoms with Gasteiger partial charge in [0, 0.05) is 24.8 Å². The summed E-state index contributed by atoms with van der Waals surface area (Å²) in [6, 6.07) is 7.13. The van der Waals surface area contributed by atoms with Crippen molar-refractivity contribution in [1.82, 2.24) is 4.90 Å². The van der Waals surface area contributed by atoms with Crippen molar-refractivity contribution in [3.63, 3.8) is 0 Å². The molecule has 0 heterocycles. The third kappa shape index (κ3) is 5.48.